The molecule has 106 valence electrons. The molecule has 0 aromatic heterocycles. The van der Waals surface area contributed by atoms with Gasteiger partial charge < -0.3 is 0 Å². The maximum absolute atomic E-state index is 2.29. The van der Waals surface area contributed by atoms with Crippen molar-refractivity contribution in [1.82, 2.24) is 0 Å². The Morgan fingerprint density at radius 3 is 2.50 bits per heavy atom. The molecule has 0 N–H and O–H groups in total. The quantitative estimate of drug-likeness (QED) is 0.551. The van der Waals surface area contributed by atoms with E-state index in [0.717, 1.165) is 12.8 Å². The highest BCUT2D eigenvalue weighted by atomic mass is 14.1. The minimum atomic E-state index is 0.980. The van der Waals surface area contributed by atoms with Crippen molar-refractivity contribution in [2.24, 2.45) is 0 Å². The van der Waals surface area contributed by atoms with Gasteiger partial charge in [-0.05, 0) is 50.3 Å². The third-order valence-corrected chi connectivity index (χ3v) is 3.11. The fourth-order valence-electron chi connectivity index (χ4n) is 2.14. The highest BCUT2D eigenvalue weighted by Crippen LogP contribution is 2.20. The third-order valence-electron chi connectivity index (χ3n) is 3.11. The second-order valence-corrected chi connectivity index (χ2v) is 4.92. The van der Waals surface area contributed by atoms with Gasteiger partial charge in [0.25, 0.3) is 0 Å². The molecule has 0 radical (unpaired) electrons. The van der Waals surface area contributed by atoms with Crippen LogP contribution in [0.15, 0.2) is 60.7 Å². The summed E-state index contributed by atoms with van der Waals surface area (Å²) in [7, 11) is 0. The molecule has 0 aliphatic rings. The van der Waals surface area contributed by atoms with Crippen LogP contribution in [0.3, 0.4) is 0 Å². The van der Waals surface area contributed by atoms with Gasteiger partial charge in [0.05, 0.1) is 0 Å². The first-order valence-corrected chi connectivity index (χ1v) is 7.42. The molecule has 0 amide bonds. The van der Waals surface area contributed by atoms with Gasteiger partial charge in [0.2, 0.25) is 0 Å². The number of aryl methyl sites for hydroxylation is 1. The Kier molecular flexibility index (Phi) is 7.42. The summed E-state index contributed by atoms with van der Waals surface area (Å²) in [6.07, 6.45) is 17.1. The number of rotatable bonds is 6. The number of hydrogen-bond acceptors (Lipinski definition) is 0. The Morgan fingerprint density at radius 1 is 1.05 bits per heavy atom. The minimum Gasteiger partial charge on any atom is -0.0877 e. The average molecular weight is 266 g/mol. The summed E-state index contributed by atoms with van der Waals surface area (Å²) in [6.45, 7) is 8.47. The Morgan fingerprint density at radius 2 is 1.85 bits per heavy atom. The molecule has 0 unspecified atom stereocenters. The molecule has 20 heavy (non-hydrogen) atoms. The lowest BCUT2D eigenvalue weighted by molar-refractivity contribution is 1.22. The zero-order valence-corrected chi connectivity index (χ0v) is 13.2. The monoisotopic (exact) mass is 266 g/mol. The predicted octanol–water partition coefficient (Wildman–Crippen LogP) is 6.04. The summed E-state index contributed by atoms with van der Waals surface area (Å²) >= 11 is 0. The number of benzene rings is 1. The van der Waals surface area contributed by atoms with Crippen LogP contribution in [0.5, 0.6) is 0 Å². The second-order valence-electron chi connectivity index (χ2n) is 4.92. The summed E-state index contributed by atoms with van der Waals surface area (Å²) in [5.74, 6) is 0. The van der Waals surface area contributed by atoms with Crippen molar-refractivity contribution in [2.45, 2.75) is 40.5 Å². The molecule has 0 bridgehead atoms. The van der Waals surface area contributed by atoms with Gasteiger partial charge in [-0.1, -0.05) is 73.2 Å². The van der Waals surface area contributed by atoms with E-state index < -0.39 is 0 Å². The van der Waals surface area contributed by atoms with E-state index in [4.69, 9.17) is 0 Å². The van der Waals surface area contributed by atoms with Gasteiger partial charge in [0.1, 0.15) is 0 Å². The van der Waals surface area contributed by atoms with E-state index in [9.17, 15) is 0 Å². The lowest BCUT2D eigenvalue weighted by atomic mass is 9.98. The van der Waals surface area contributed by atoms with Crippen molar-refractivity contribution in [2.75, 3.05) is 0 Å². The largest absolute Gasteiger partial charge is 0.0877 e. The Bertz CT molecular complexity index is 525. The van der Waals surface area contributed by atoms with Crippen LogP contribution in [0.4, 0.5) is 0 Å². The maximum Gasteiger partial charge on any atom is -0.00940 e. The summed E-state index contributed by atoms with van der Waals surface area (Å²) in [4.78, 5) is 0. The van der Waals surface area contributed by atoms with Crippen LogP contribution in [0.1, 0.15) is 43.9 Å². The molecule has 0 saturated carbocycles. The molecule has 0 spiro atoms. The van der Waals surface area contributed by atoms with E-state index in [1.54, 1.807) is 0 Å². The fourth-order valence-corrected chi connectivity index (χ4v) is 2.14. The molecule has 0 saturated heterocycles. The van der Waals surface area contributed by atoms with Crippen LogP contribution < -0.4 is 0 Å². The van der Waals surface area contributed by atoms with Gasteiger partial charge in [-0.3, -0.25) is 0 Å². The van der Waals surface area contributed by atoms with E-state index in [-0.39, 0.29) is 0 Å². The van der Waals surface area contributed by atoms with Gasteiger partial charge in [-0.15, -0.1) is 0 Å². The van der Waals surface area contributed by atoms with Gasteiger partial charge in [-0.25, -0.2) is 0 Å². The van der Waals surface area contributed by atoms with Gasteiger partial charge in [0, 0.05) is 0 Å². The van der Waals surface area contributed by atoms with Crippen LogP contribution in [-0.2, 0) is 6.42 Å². The van der Waals surface area contributed by atoms with Crippen molar-refractivity contribution in [3.05, 3.63) is 77.4 Å². The zero-order valence-electron chi connectivity index (χ0n) is 13.2. The topological polar surface area (TPSA) is 0 Å². The first-order valence-electron chi connectivity index (χ1n) is 7.42. The number of hydrogen-bond donors (Lipinski definition) is 0. The summed E-state index contributed by atoms with van der Waals surface area (Å²) in [5.41, 5.74) is 5.30. The molecule has 0 aliphatic heterocycles. The van der Waals surface area contributed by atoms with Crippen LogP contribution in [0, 0.1) is 6.92 Å². The van der Waals surface area contributed by atoms with Crippen molar-refractivity contribution in [3.8, 4) is 0 Å². The zero-order chi connectivity index (χ0) is 14.8. The average Bonchev–Trinajstić information content (AvgIpc) is 2.44. The second kappa shape index (κ2) is 9.14. The van der Waals surface area contributed by atoms with Crippen molar-refractivity contribution in [3.63, 3.8) is 0 Å². The highest BCUT2D eigenvalue weighted by Gasteiger charge is 2.00. The third kappa shape index (κ3) is 5.44. The SMILES string of the molecule is C/C=C\C=C/Cc1cc(C)cc(C(/C=C\CC)=C/C)c1. The first-order chi connectivity index (χ1) is 9.71. The Labute approximate surface area is 124 Å². The summed E-state index contributed by atoms with van der Waals surface area (Å²) < 4.78 is 0. The number of allylic oxidation sites excluding steroid dienone is 8. The van der Waals surface area contributed by atoms with E-state index in [1.165, 1.54) is 22.3 Å². The molecule has 0 fully saturated rings. The molecule has 1 rings (SSSR count). The normalized spacial score (nSPS) is 13.1. The molecule has 0 atom stereocenters. The molecule has 0 aliphatic carbocycles. The molecular formula is C20H26. The lowest BCUT2D eigenvalue weighted by Crippen LogP contribution is -1.89. The molecule has 0 heteroatoms. The first kappa shape index (κ1) is 16.2. The van der Waals surface area contributed by atoms with Crippen molar-refractivity contribution in [1.29, 1.82) is 0 Å². The summed E-state index contributed by atoms with van der Waals surface area (Å²) in [6, 6.07) is 6.82. The van der Waals surface area contributed by atoms with E-state index >= 15 is 0 Å². The van der Waals surface area contributed by atoms with Crippen molar-refractivity contribution < 1.29 is 0 Å². The Hall–Kier alpha value is -1.82. The molecule has 1 aromatic carbocycles. The van der Waals surface area contributed by atoms with E-state index in [1.807, 2.05) is 13.0 Å². The van der Waals surface area contributed by atoms with E-state index in [2.05, 4.69) is 75.4 Å². The van der Waals surface area contributed by atoms with Crippen LogP contribution >= 0.6 is 0 Å². The van der Waals surface area contributed by atoms with Gasteiger partial charge in [-0.2, -0.15) is 0 Å². The minimum absolute atomic E-state index is 0.980. The fraction of sp³-hybridized carbons (Fsp3) is 0.300. The standard InChI is InChI=1S/C20H26/c1-5-8-10-11-12-18-14-17(4)15-20(16-18)19(7-3)13-9-6-2/h5,7-11,13-16H,6,12H2,1-4H3/b8-5-,11-10-,13-9-,19-7+. The molecule has 1 aromatic rings. The summed E-state index contributed by atoms with van der Waals surface area (Å²) in [5, 5.41) is 0. The van der Waals surface area contributed by atoms with Crippen molar-refractivity contribution >= 4 is 5.57 Å². The van der Waals surface area contributed by atoms with Crippen LogP contribution in [-0.4, -0.2) is 0 Å². The van der Waals surface area contributed by atoms with Crippen LogP contribution in [0.2, 0.25) is 0 Å². The molecule has 0 nitrogen and oxygen atoms in total. The Balaban J connectivity index is 2.98. The lowest BCUT2D eigenvalue weighted by Gasteiger charge is -2.07. The smallest absolute Gasteiger partial charge is 0.00940 e. The molecular weight excluding hydrogens is 240 g/mol. The maximum atomic E-state index is 2.29. The van der Waals surface area contributed by atoms with Gasteiger partial charge >= 0.3 is 0 Å². The highest BCUT2D eigenvalue weighted by molar-refractivity contribution is 5.74. The van der Waals surface area contributed by atoms with E-state index in [0.29, 0.717) is 0 Å². The van der Waals surface area contributed by atoms with Gasteiger partial charge in [0.15, 0.2) is 0 Å². The molecule has 0 heterocycles. The predicted molar refractivity (Wildman–Crippen MR) is 91.9 cm³/mol. The van der Waals surface area contributed by atoms with Crippen LogP contribution in [0.25, 0.3) is 5.57 Å².